The summed E-state index contributed by atoms with van der Waals surface area (Å²) in [4.78, 5) is 26.2. The Labute approximate surface area is 166 Å². The number of amides is 2. The second-order valence-corrected chi connectivity index (χ2v) is 6.48. The highest BCUT2D eigenvalue weighted by Crippen LogP contribution is 2.25. The largest absolute Gasteiger partial charge is 0.368 e. The Bertz CT molecular complexity index is 981. The van der Waals surface area contributed by atoms with Gasteiger partial charge in [-0.05, 0) is 42.0 Å². The summed E-state index contributed by atoms with van der Waals surface area (Å²) < 4.78 is 26.3. The van der Waals surface area contributed by atoms with Crippen LogP contribution >= 0.6 is 0 Å². The van der Waals surface area contributed by atoms with Gasteiger partial charge in [-0.25, -0.2) is 8.78 Å². The van der Waals surface area contributed by atoms with Crippen LogP contribution < -0.4 is 10.7 Å². The SMILES string of the molecule is C#CCN(Cc1ccc(F)cc1)C(=O)C1=NN(c2ccc(F)cc2)C(C(N)=O)C1. The minimum atomic E-state index is -0.877. The standard InChI is InChI=1S/C21H18F2N4O2/c1-2-11-26(13-14-3-5-15(22)6-4-14)21(29)18-12-19(20(24)28)27(25-18)17-9-7-16(23)8-10-17/h1,3-10,19H,11-13H2,(H2,24,28). The summed E-state index contributed by atoms with van der Waals surface area (Å²) in [6.45, 7) is 0.160. The molecular formula is C21H18F2N4O2. The highest BCUT2D eigenvalue weighted by molar-refractivity contribution is 6.40. The van der Waals surface area contributed by atoms with Gasteiger partial charge >= 0.3 is 0 Å². The van der Waals surface area contributed by atoms with Crippen LogP contribution in [-0.4, -0.2) is 35.0 Å². The highest BCUT2D eigenvalue weighted by atomic mass is 19.1. The zero-order valence-electron chi connectivity index (χ0n) is 15.4. The first-order chi connectivity index (χ1) is 13.9. The van der Waals surface area contributed by atoms with E-state index in [4.69, 9.17) is 12.2 Å². The van der Waals surface area contributed by atoms with Crippen LogP contribution in [0.3, 0.4) is 0 Å². The van der Waals surface area contributed by atoms with Gasteiger partial charge in [-0.1, -0.05) is 18.1 Å². The molecule has 0 radical (unpaired) electrons. The topological polar surface area (TPSA) is 79.0 Å². The molecule has 0 aromatic heterocycles. The average molecular weight is 396 g/mol. The van der Waals surface area contributed by atoms with E-state index >= 15 is 0 Å². The Morgan fingerprint density at radius 1 is 1.14 bits per heavy atom. The molecule has 1 heterocycles. The van der Waals surface area contributed by atoms with E-state index in [2.05, 4.69) is 11.0 Å². The normalized spacial score (nSPS) is 15.6. The third-order valence-electron chi connectivity index (χ3n) is 4.43. The summed E-state index contributed by atoms with van der Waals surface area (Å²) in [6.07, 6.45) is 5.38. The van der Waals surface area contributed by atoms with Crippen LogP contribution in [0.25, 0.3) is 0 Å². The Hall–Kier alpha value is -3.73. The zero-order chi connectivity index (χ0) is 21.0. The van der Waals surface area contributed by atoms with Crippen LogP contribution in [0.4, 0.5) is 14.5 Å². The van der Waals surface area contributed by atoms with Gasteiger partial charge in [0.15, 0.2) is 0 Å². The molecule has 6 nitrogen and oxygen atoms in total. The molecule has 1 aliphatic rings. The molecule has 0 spiro atoms. The lowest BCUT2D eigenvalue weighted by Gasteiger charge is -2.20. The summed E-state index contributed by atoms with van der Waals surface area (Å²) in [5.74, 6) is 0.469. The summed E-state index contributed by atoms with van der Waals surface area (Å²) in [6, 6.07) is 10.2. The van der Waals surface area contributed by atoms with Crippen molar-refractivity contribution in [2.75, 3.05) is 11.6 Å². The number of carbonyl (C=O) groups excluding carboxylic acids is 2. The monoisotopic (exact) mass is 396 g/mol. The smallest absolute Gasteiger partial charge is 0.271 e. The van der Waals surface area contributed by atoms with Gasteiger partial charge < -0.3 is 10.6 Å². The number of hydrogen-bond acceptors (Lipinski definition) is 4. The lowest BCUT2D eigenvalue weighted by atomic mass is 10.1. The Kier molecular flexibility index (Phi) is 5.88. The van der Waals surface area contributed by atoms with Crippen molar-refractivity contribution in [2.45, 2.75) is 19.0 Å². The first-order valence-electron chi connectivity index (χ1n) is 8.78. The van der Waals surface area contributed by atoms with Gasteiger partial charge in [0.25, 0.3) is 5.91 Å². The number of hydrogen-bond donors (Lipinski definition) is 1. The Morgan fingerprint density at radius 3 is 2.28 bits per heavy atom. The molecule has 0 aliphatic carbocycles. The van der Waals surface area contributed by atoms with E-state index in [9.17, 15) is 18.4 Å². The lowest BCUT2D eigenvalue weighted by Crippen LogP contribution is -2.40. The maximum absolute atomic E-state index is 13.2. The van der Waals surface area contributed by atoms with Crippen LogP contribution in [0, 0.1) is 24.0 Å². The number of nitrogens with two attached hydrogens (primary N) is 1. The quantitative estimate of drug-likeness (QED) is 0.759. The first-order valence-corrected chi connectivity index (χ1v) is 8.78. The second kappa shape index (κ2) is 8.52. The molecule has 0 saturated carbocycles. The van der Waals surface area contributed by atoms with Crippen LogP contribution in [-0.2, 0) is 16.1 Å². The average Bonchev–Trinajstić information content (AvgIpc) is 3.15. The van der Waals surface area contributed by atoms with Gasteiger partial charge in [-0.2, -0.15) is 5.10 Å². The van der Waals surface area contributed by atoms with E-state index in [-0.39, 0.29) is 31.0 Å². The molecule has 3 rings (SSSR count). The van der Waals surface area contributed by atoms with E-state index < -0.39 is 23.7 Å². The summed E-state index contributed by atoms with van der Waals surface area (Å²) in [5.41, 5.74) is 6.70. The molecule has 2 amide bonds. The Morgan fingerprint density at radius 2 is 1.72 bits per heavy atom. The molecule has 0 saturated heterocycles. The van der Waals surface area contributed by atoms with Crippen molar-refractivity contribution in [2.24, 2.45) is 10.8 Å². The van der Waals surface area contributed by atoms with Crippen molar-refractivity contribution in [1.29, 1.82) is 0 Å². The third kappa shape index (κ3) is 4.58. The van der Waals surface area contributed by atoms with Crippen LogP contribution in [0.15, 0.2) is 53.6 Å². The maximum Gasteiger partial charge on any atom is 0.271 e. The van der Waals surface area contributed by atoms with Gasteiger partial charge in [-0.3, -0.25) is 14.6 Å². The number of rotatable bonds is 6. The van der Waals surface area contributed by atoms with Crippen molar-refractivity contribution in [3.05, 3.63) is 65.7 Å². The molecule has 0 bridgehead atoms. The van der Waals surface area contributed by atoms with E-state index in [0.29, 0.717) is 11.3 Å². The maximum atomic E-state index is 13.2. The lowest BCUT2D eigenvalue weighted by molar-refractivity contribution is -0.124. The molecule has 8 heteroatoms. The number of halogens is 2. The van der Waals surface area contributed by atoms with Crippen LogP contribution in [0.5, 0.6) is 0 Å². The van der Waals surface area contributed by atoms with Crippen molar-refractivity contribution < 1.29 is 18.4 Å². The number of anilines is 1. The molecule has 2 N–H and O–H groups in total. The number of hydrazone groups is 1. The van der Waals surface area contributed by atoms with Crippen LogP contribution in [0.2, 0.25) is 0 Å². The molecule has 2 aromatic carbocycles. The summed E-state index contributed by atoms with van der Waals surface area (Å²) >= 11 is 0. The molecule has 0 fully saturated rings. The molecule has 148 valence electrons. The molecule has 29 heavy (non-hydrogen) atoms. The van der Waals surface area contributed by atoms with Gasteiger partial charge in [0, 0.05) is 13.0 Å². The number of benzene rings is 2. The highest BCUT2D eigenvalue weighted by Gasteiger charge is 2.36. The van der Waals surface area contributed by atoms with Gasteiger partial charge in [-0.15, -0.1) is 6.42 Å². The van der Waals surface area contributed by atoms with E-state index in [0.717, 1.165) is 0 Å². The fraction of sp³-hybridized carbons (Fsp3) is 0.190. The second-order valence-electron chi connectivity index (χ2n) is 6.48. The van der Waals surface area contributed by atoms with Crippen molar-refractivity contribution in [3.63, 3.8) is 0 Å². The van der Waals surface area contributed by atoms with Crippen LogP contribution in [0.1, 0.15) is 12.0 Å². The molecular weight excluding hydrogens is 378 g/mol. The number of primary amides is 1. The minimum Gasteiger partial charge on any atom is -0.368 e. The van der Waals surface area contributed by atoms with Crippen molar-refractivity contribution >= 4 is 23.2 Å². The predicted molar refractivity (Wildman–Crippen MR) is 105 cm³/mol. The molecule has 1 aliphatic heterocycles. The molecule has 1 atom stereocenters. The minimum absolute atomic E-state index is 0.00394. The fourth-order valence-electron chi connectivity index (χ4n) is 3.00. The van der Waals surface area contributed by atoms with E-state index in [1.807, 2.05) is 0 Å². The summed E-state index contributed by atoms with van der Waals surface area (Å²) in [7, 11) is 0. The third-order valence-corrected chi connectivity index (χ3v) is 4.43. The summed E-state index contributed by atoms with van der Waals surface area (Å²) in [5, 5.41) is 5.56. The van der Waals surface area contributed by atoms with Gasteiger partial charge in [0.05, 0.1) is 12.2 Å². The fourth-order valence-corrected chi connectivity index (χ4v) is 3.00. The van der Waals surface area contributed by atoms with Gasteiger partial charge in [0.1, 0.15) is 23.4 Å². The molecule has 2 aromatic rings. The van der Waals surface area contributed by atoms with E-state index in [1.54, 1.807) is 12.1 Å². The number of terminal acetylenes is 1. The van der Waals surface area contributed by atoms with E-state index in [1.165, 1.54) is 46.3 Å². The Balaban J connectivity index is 1.85. The zero-order valence-corrected chi connectivity index (χ0v) is 15.4. The predicted octanol–water partition coefficient (Wildman–Crippen LogP) is 2.05. The number of carbonyl (C=O) groups is 2. The molecule has 1 unspecified atom stereocenters. The first kappa shape index (κ1) is 20.0. The van der Waals surface area contributed by atoms with Crippen molar-refractivity contribution in [3.8, 4) is 12.3 Å². The van der Waals surface area contributed by atoms with Gasteiger partial charge in [0.2, 0.25) is 5.91 Å². The number of nitrogens with zero attached hydrogens (tertiary/aromatic N) is 3. The van der Waals surface area contributed by atoms with Crippen molar-refractivity contribution in [1.82, 2.24) is 4.90 Å².